The standard InChI is InChI=1S/C22H25ClN2O2S/c23-19-9-11-20(12-10-19)28-15-16-5-7-18(8-6-16)22(27)25-14-13-24-21(26)17-3-1-2-4-17/h5-12,17H,1-4,13-15H2,(H,24,26)(H,25,27). The van der Waals surface area contributed by atoms with Crippen LogP contribution in [0.3, 0.4) is 0 Å². The molecule has 6 heteroatoms. The third kappa shape index (κ3) is 6.28. The average Bonchev–Trinajstić information content (AvgIpc) is 3.26. The van der Waals surface area contributed by atoms with Gasteiger partial charge in [0.2, 0.25) is 5.91 Å². The number of benzene rings is 2. The molecule has 148 valence electrons. The highest BCUT2D eigenvalue weighted by Gasteiger charge is 2.21. The Morgan fingerprint density at radius 2 is 1.57 bits per heavy atom. The minimum atomic E-state index is -0.119. The molecule has 2 aromatic carbocycles. The SMILES string of the molecule is O=C(NCCNC(=O)C1CCCC1)c1ccc(CSc2ccc(Cl)cc2)cc1. The normalized spacial score (nSPS) is 14.0. The molecule has 1 aliphatic rings. The van der Waals surface area contributed by atoms with Gasteiger partial charge in [0, 0.05) is 40.2 Å². The summed E-state index contributed by atoms with van der Waals surface area (Å²) in [6, 6.07) is 15.4. The summed E-state index contributed by atoms with van der Waals surface area (Å²) >= 11 is 7.63. The zero-order chi connectivity index (χ0) is 19.8. The van der Waals surface area contributed by atoms with Crippen LogP contribution >= 0.6 is 23.4 Å². The molecule has 0 bridgehead atoms. The summed E-state index contributed by atoms with van der Waals surface area (Å²) in [7, 11) is 0. The Morgan fingerprint density at radius 1 is 0.929 bits per heavy atom. The van der Waals surface area contributed by atoms with Gasteiger partial charge in [-0.25, -0.2) is 0 Å². The molecule has 0 radical (unpaired) electrons. The monoisotopic (exact) mass is 416 g/mol. The molecule has 3 rings (SSSR count). The van der Waals surface area contributed by atoms with E-state index < -0.39 is 0 Å². The lowest BCUT2D eigenvalue weighted by atomic mass is 10.1. The Kier molecular flexibility index (Phi) is 7.80. The van der Waals surface area contributed by atoms with Crippen LogP contribution < -0.4 is 10.6 Å². The van der Waals surface area contributed by atoms with E-state index in [9.17, 15) is 9.59 Å². The minimum absolute atomic E-state index is 0.119. The lowest BCUT2D eigenvalue weighted by Crippen LogP contribution is -2.37. The van der Waals surface area contributed by atoms with Gasteiger partial charge in [-0.15, -0.1) is 11.8 Å². The van der Waals surface area contributed by atoms with Gasteiger partial charge in [-0.1, -0.05) is 36.6 Å². The van der Waals surface area contributed by atoms with Crippen LogP contribution in [0.15, 0.2) is 53.4 Å². The van der Waals surface area contributed by atoms with Crippen molar-refractivity contribution in [3.63, 3.8) is 0 Å². The molecular formula is C22H25ClN2O2S. The first-order chi connectivity index (χ1) is 13.6. The molecule has 0 saturated heterocycles. The molecule has 0 spiro atoms. The molecule has 1 fully saturated rings. The quantitative estimate of drug-likeness (QED) is 0.485. The predicted octanol–water partition coefficient (Wildman–Crippen LogP) is 4.67. The maximum absolute atomic E-state index is 12.2. The fraction of sp³-hybridized carbons (Fsp3) is 0.364. The Labute approximate surface area is 175 Å². The Balaban J connectivity index is 1.38. The third-order valence-electron chi connectivity index (χ3n) is 4.87. The van der Waals surface area contributed by atoms with Crippen LogP contribution in [0.25, 0.3) is 0 Å². The number of nitrogens with one attached hydrogen (secondary N) is 2. The first-order valence-electron chi connectivity index (χ1n) is 9.65. The molecule has 28 heavy (non-hydrogen) atoms. The van der Waals surface area contributed by atoms with E-state index >= 15 is 0 Å². The van der Waals surface area contributed by atoms with Crippen LogP contribution in [-0.2, 0) is 10.5 Å². The highest BCUT2D eigenvalue weighted by molar-refractivity contribution is 7.98. The van der Waals surface area contributed by atoms with Crippen LogP contribution in [0, 0.1) is 5.92 Å². The van der Waals surface area contributed by atoms with Gasteiger partial charge in [-0.05, 0) is 54.8 Å². The molecule has 1 aliphatic carbocycles. The van der Waals surface area contributed by atoms with Crippen LogP contribution in [0.5, 0.6) is 0 Å². The van der Waals surface area contributed by atoms with Crippen LogP contribution in [0.2, 0.25) is 5.02 Å². The highest BCUT2D eigenvalue weighted by Crippen LogP contribution is 2.25. The fourth-order valence-corrected chi connectivity index (χ4v) is 4.23. The molecule has 2 amide bonds. The largest absolute Gasteiger partial charge is 0.354 e. The molecule has 0 atom stereocenters. The number of carbonyl (C=O) groups excluding carboxylic acids is 2. The van der Waals surface area contributed by atoms with E-state index in [1.165, 1.54) is 0 Å². The van der Waals surface area contributed by atoms with Gasteiger partial charge in [-0.2, -0.15) is 0 Å². The number of hydrogen-bond acceptors (Lipinski definition) is 3. The lowest BCUT2D eigenvalue weighted by Gasteiger charge is -2.11. The second-order valence-corrected chi connectivity index (χ2v) is 8.45. The fourth-order valence-electron chi connectivity index (χ4n) is 3.25. The third-order valence-corrected chi connectivity index (χ3v) is 6.21. The van der Waals surface area contributed by atoms with Crippen molar-refractivity contribution in [1.29, 1.82) is 0 Å². The first-order valence-corrected chi connectivity index (χ1v) is 11.0. The summed E-state index contributed by atoms with van der Waals surface area (Å²) in [5.41, 5.74) is 1.78. The molecular weight excluding hydrogens is 392 g/mol. The van der Waals surface area contributed by atoms with Crippen molar-refractivity contribution < 1.29 is 9.59 Å². The number of amides is 2. The maximum Gasteiger partial charge on any atom is 0.251 e. The Morgan fingerprint density at radius 3 is 2.25 bits per heavy atom. The van der Waals surface area contributed by atoms with Gasteiger partial charge in [0.15, 0.2) is 0 Å². The average molecular weight is 417 g/mol. The Bertz CT molecular complexity index is 787. The second-order valence-electron chi connectivity index (χ2n) is 6.97. The molecule has 0 unspecified atom stereocenters. The van der Waals surface area contributed by atoms with Crippen LogP contribution in [0.1, 0.15) is 41.6 Å². The van der Waals surface area contributed by atoms with Crippen molar-refractivity contribution in [2.45, 2.75) is 36.3 Å². The van der Waals surface area contributed by atoms with Crippen molar-refractivity contribution in [2.75, 3.05) is 13.1 Å². The van der Waals surface area contributed by atoms with Gasteiger partial charge in [0.05, 0.1) is 0 Å². The van der Waals surface area contributed by atoms with E-state index in [0.717, 1.165) is 46.9 Å². The zero-order valence-corrected chi connectivity index (χ0v) is 17.3. The van der Waals surface area contributed by atoms with E-state index in [1.807, 2.05) is 48.5 Å². The minimum Gasteiger partial charge on any atom is -0.354 e. The van der Waals surface area contributed by atoms with E-state index in [1.54, 1.807) is 11.8 Å². The topological polar surface area (TPSA) is 58.2 Å². The summed E-state index contributed by atoms with van der Waals surface area (Å²) in [4.78, 5) is 25.3. The molecule has 2 aromatic rings. The van der Waals surface area contributed by atoms with Crippen molar-refractivity contribution in [1.82, 2.24) is 10.6 Å². The summed E-state index contributed by atoms with van der Waals surface area (Å²) in [6.45, 7) is 0.905. The van der Waals surface area contributed by atoms with Crippen LogP contribution in [0.4, 0.5) is 0 Å². The van der Waals surface area contributed by atoms with Crippen molar-refractivity contribution in [3.05, 3.63) is 64.7 Å². The van der Waals surface area contributed by atoms with Gasteiger partial charge in [0.25, 0.3) is 5.91 Å². The summed E-state index contributed by atoms with van der Waals surface area (Å²) in [5.74, 6) is 0.992. The van der Waals surface area contributed by atoms with Crippen molar-refractivity contribution in [3.8, 4) is 0 Å². The molecule has 4 nitrogen and oxygen atoms in total. The molecule has 2 N–H and O–H groups in total. The molecule has 0 aromatic heterocycles. The zero-order valence-electron chi connectivity index (χ0n) is 15.7. The first kappa shape index (κ1) is 20.7. The lowest BCUT2D eigenvalue weighted by molar-refractivity contribution is -0.124. The van der Waals surface area contributed by atoms with Crippen molar-refractivity contribution in [2.24, 2.45) is 5.92 Å². The number of halogens is 1. The molecule has 1 saturated carbocycles. The van der Waals surface area contributed by atoms with Gasteiger partial charge < -0.3 is 10.6 Å². The van der Waals surface area contributed by atoms with E-state index in [0.29, 0.717) is 18.7 Å². The number of hydrogen-bond donors (Lipinski definition) is 2. The number of thioether (sulfide) groups is 1. The number of rotatable bonds is 8. The van der Waals surface area contributed by atoms with E-state index in [4.69, 9.17) is 11.6 Å². The smallest absolute Gasteiger partial charge is 0.251 e. The maximum atomic E-state index is 12.2. The summed E-state index contributed by atoms with van der Waals surface area (Å²) in [6.07, 6.45) is 4.26. The van der Waals surface area contributed by atoms with Gasteiger partial charge >= 0.3 is 0 Å². The van der Waals surface area contributed by atoms with E-state index in [-0.39, 0.29) is 17.7 Å². The summed E-state index contributed by atoms with van der Waals surface area (Å²) < 4.78 is 0. The van der Waals surface area contributed by atoms with Crippen molar-refractivity contribution >= 4 is 35.2 Å². The Hall–Kier alpha value is -1.98. The molecule has 0 heterocycles. The molecule has 0 aliphatic heterocycles. The van der Waals surface area contributed by atoms with Gasteiger partial charge in [0.1, 0.15) is 0 Å². The second kappa shape index (κ2) is 10.5. The van der Waals surface area contributed by atoms with E-state index in [2.05, 4.69) is 10.6 Å². The number of carbonyl (C=O) groups is 2. The summed E-state index contributed by atoms with van der Waals surface area (Å²) in [5, 5.41) is 6.50. The van der Waals surface area contributed by atoms with Crippen LogP contribution in [-0.4, -0.2) is 24.9 Å². The van der Waals surface area contributed by atoms with Gasteiger partial charge in [-0.3, -0.25) is 9.59 Å². The highest BCUT2D eigenvalue weighted by atomic mass is 35.5. The predicted molar refractivity (Wildman–Crippen MR) is 115 cm³/mol.